The van der Waals surface area contributed by atoms with Crippen LogP contribution in [0.25, 0.3) is 16.7 Å². The number of carbonyl (C=O) groups is 3. The molecule has 9 heteroatoms. The zero-order valence-corrected chi connectivity index (χ0v) is 27.2. The van der Waals surface area contributed by atoms with Gasteiger partial charge < -0.3 is 28.7 Å². The first-order valence-electron chi connectivity index (χ1n) is 15.6. The molecule has 3 aromatic carbocycles. The minimum atomic E-state index is -0.657. The number of esters is 1. The average Bonchev–Trinajstić information content (AvgIpc) is 3.90. The van der Waals surface area contributed by atoms with Crippen LogP contribution in [0.2, 0.25) is 0 Å². The SMILES string of the molecule is COC(=O)COc1cc(CN(C(=O)C2=C(c3cccc(-c4ccccc4)c3)CCN(C(=O)OC(C)(C)C)C2)C2CC2)cc(OC)c1. The Morgan fingerprint density at radius 1 is 0.870 bits per heavy atom. The molecule has 242 valence electrons. The monoisotopic (exact) mass is 626 g/mol. The van der Waals surface area contributed by atoms with E-state index in [4.69, 9.17) is 18.9 Å². The fourth-order valence-electron chi connectivity index (χ4n) is 5.52. The third-order valence-electron chi connectivity index (χ3n) is 7.93. The van der Waals surface area contributed by atoms with Gasteiger partial charge in [-0.1, -0.05) is 48.5 Å². The normalized spacial score (nSPS) is 14.8. The van der Waals surface area contributed by atoms with Crippen LogP contribution in [0.5, 0.6) is 11.5 Å². The Kier molecular flexibility index (Phi) is 9.99. The summed E-state index contributed by atoms with van der Waals surface area (Å²) in [4.78, 5) is 43.0. The number of benzene rings is 3. The van der Waals surface area contributed by atoms with E-state index in [0.29, 0.717) is 36.6 Å². The Balaban J connectivity index is 1.50. The smallest absolute Gasteiger partial charge is 0.410 e. The summed E-state index contributed by atoms with van der Waals surface area (Å²) in [7, 11) is 2.86. The highest BCUT2D eigenvalue weighted by Gasteiger charge is 2.38. The summed E-state index contributed by atoms with van der Waals surface area (Å²) in [6.45, 7) is 6.16. The minimum absolute atomic E-state index is 0.0689. The van der Waals surface area contributed by atoms with Gasteiger partial charge >= 0.3 is 12.1 Å². The molecule has 0 N–H and O–H groups in total. The number of rotatable bonds is 10. The van der Waals surface area contributed by atoms with Gasteiger partial charge in [-0.2, -0.15) is 0 Å². The molecule has 1 aliphatic heterocycles. The standard InChI is InChI=1S/C37H42N2O7/c1-37(2,3)46-36(42)38-17-16-32(28-13-9-12-27(20-28)26-10-7-6-8-11-26)33(23-38)35(41)39(29-14-15-29)22-25-18-30(43-4)21-31(19-25)45-24-34(40)44-5/h6-13,18-21,29H,14-17,22-24H2,1-5H3. The molecule has 0 unspecified atom stereocenters. The molecule has 1 fully saturated rings. The second kappa shape index (κ2) is 14.1. The highest BCUT2D eigenvalue weighted by molar-refractivity contribution is 6.03. The molecule has 3 aromatic rings. The number of hydrogen-bond donors (Lipinski definition) is 0. The van der Waals surface area contributed by atoms with Crippen LogP contribution in [0, 0.1) is 0 Å². The molecule has 1 saturated carbocycles. The van der Waals surface area contributed by atoms with Gasteiger partial charge in [-0.15, -0.1) is 0 Å². The van der Waals surface area contributed by atoms with Crippen molar-refractivity contribution in [1.29, 1.82) is 0 Å². The molecule has 0 bridgehead atoms. The summed E-state index contributed by atoms with van der Waals surface area (Å²) >= 11 is 0. The van der Waals surface area contributed by atoms with E-state index < -0.39 is 17.7 Å². The van der Waals surface area contributed by atoms with Gasteiger partial charge in [0.15, 0.2) is 6.61 Å². The molecule has 9 nitrogen and oxygen atoms in total. The van der Waals surface area contributed by atoms with Gasteiger partial charge in [0.25, 0.3) is 5.91 Å². The lowest BCUT2D eigenvalue weighted by atomic mass is 9.90. The van der Waals surface area contributed by atoms with Crippen LogP contribution < -0.4 is 9.47 Å². The third-order valence-corrected chi connectivity index (χ3v) is 7.93. The summed E-state index contributed by atoms with van der Waals surface area (Å²) < 4.78 is 21.6. The predicted octanol–water partition coefficient (Wildman–Crippen LogP) is 6.50. The first-order chi connectivity index (χ1) is 22.0. The number of nitrogens with zero attached hydrogens (tertiary/aromatic N) is 2. The fourth-order valence-corrected chi connectivity index (χ4v) is 5.52. The maximum atomic E-state index is 14.6. The van der Waals surface area contributed by atoms with Gasteiger partial charge in [0.2, 0.25) is 0 Å². The largest absolute Gasteiger partial charge is 0.497 e. The highest BCUT2D eigenvalue weighted by atomic mass is 16.6. The molecule has 2 amide bonds. The van der Waals surface area contributed by atoms with Crippen molar-refractivity contribution in [3.8, 4) is 22.6 Å². The third kappa shape index (κ3) is 8.27. The number of ether oxygens (including phenoxy) is 4. The van der Waals surface area contributed by atoms with E-state index in [2.05, 4.69) is 24.3 Å². The lowest BCUT2D eigenvalue weighted by Gasteiger charge is -2.34. The molecule has 0 saturated heterocycles. The summed E-state index contributed by atoms with van der Waals surface area (Å²) in [6.07, 6.45) is 1.86. The molecule has 5 rings (SSSR count). The highest BCUT2D eigenvalue weighted by Crippen LogP contribution is 2.36. The molecule has 46 heavy (non-hydrogen) atoms. The quantitative estimate of drug-likeness (QED) is 0.237. The van der Waals surface area contributed by atoms with Crippen molar-refractivity contribution in [3.63, 3.8) is 0 Å². The van der Waals surface area contributed by atoms with Crippen molar-refractivity contribution in [1.82, 2.24) is 9.80 Å². The van der Waals surface area contributed by atoms with Crippen molar-refractivity contribution in [3.05, 3.63) is 89.5 Å². The van der Waals surface area contributed by atoms with Gasteiger partial charge in [-0.3, -0.25) is 4.79 Å². The van der Waals surface area contributed by atoms with Crippen LogP contribution in [0.1, 0.15) is 51.2 Å². The van der Waals surface area contributed by atoms with Gasteiger partial charge in [-0.05, 0) is 86.1 Å². The first-order valence-corrected chi connectivity index (χ1v) is 15.6. The molecule has 0 spiro atoms. The van der Waals surface area contributed by atoms with E-state index in [-0.39, 0.29) is 25.1 Å². The van der Waals surface area contributed by atoms with E-state index in [1.807, 2.05) is 62.1 Å². The lowest BCUT2D eigenvalue weighted by Crippen LogP contribution is -2.44. The van der Waals surface area contributed by atoms with E-state index in [9.17, 15) is 14.4 Å². The van der Waals surface area contributed by atoms with Gasteiger partial charge in [0, 0.05) is 30.8 Å². The van der Waals surface area contributed by atoms with Crippen LogP contribution >= 0.6 is 0 Å². The summed E-state index contributed by atoms with van der Waals surface area (Å²) in [5, 5.41) is 0. The van der Waals surface area contributed by atoms with Gasteiger partial charge in [0.05, 0.1) is 20.8 Å². The van der Waals surface area contributed by atoms with Crippen molar-refractivity contribution < 1.29 is 33.3 Å². The van der Waals surface area contributed by atoms with Gasteiger partial charge in [-0.25, -0.2) is 9.59 Å². The van der Waals surface area contributed by atoms with E-state index in [1.54, 1.807) is 24.1 Å². The van der Waals surface area contributed by atoms with Crippen molar-refractivity contribution in [2.24, 2.45) is 0 Å². The molecular weight excluding hydrogens is 584 g/mol. The zero-order chi connectivity index (χ0) is 32.8. The van der Waals surface area contributed by atoms with Crippen LogP contribution in [0.3, 0.4) is 0 Å². The van der Waals surface area contributed by atoms with Gasteiger partial charge in [0.1, 0.15) is 17.1 Å². The lowest BCUT2D eigenvalue weighted by molar-refractivity contribution is -0.142. The number of carbonyl (C=O) groups excluding carboxylic acids is 3. The van der Waals surface area contributed by atoms with E-state index in [1.165, 1.54) is 7.11 Å². The molecule has 1 heterocycles. The first kappa shape index (κ1) is 32.6. The maximum Gasteiger partial charge on any atom is 0.410 e. The Labute approximate surface area is 270 Å². The van der Waals surface area contributed by atoms with Crippen molar-refractivity contribution >= 4 is 23.5 Å². The molecule has 2 aliphatic rings. The zero-order valence-electron chi connectivity index (χ0n) is 27.2. The fraction of sp³-hybridized carbons (Fsp3) is 0.378. The Morgan fingerprint density at radius 3 is 2.24 bits per heavy atom. The average molecular weight is 627 g/mol. The number of hydrogen-bond acceptors (Lipinski definition) is 7. The second-order valence-electron chi connectivity index (χ2n) is 12.6. The summed E-state index contributed by atoms with van der Waals surface area (Å²) in [5.74, 6) is 0.374. The minimum Gasteiger partial charge on any atom is -0.497 e. The van der Waals surface area contributed by atoms with Crippen LogP contribution in [0.4, 0.5) is 4.79 Å². The van der Waals surface area contributed by atoms with E-state index in [0.717, 1.165) is 40.7 Å². The summed E-state index contributed by atoms with van der Waals surface area (Å²) in [5.41, 5.74) is 4.76. The van der Waals surface area contributed by atoms with E-state index >= 15 is 0 Å². The van der Waals surface area contributed by atoms with Crippen LogP contribution in [-0.2, 0) is 25.6 Å². The molecule has 0 aromatic heterocycles. The topological polar surface area (TPSA) is 94.6 Å². The molecule has 1 aliphatic carbocycles. The van der Waals surface area contributed by atoms with Crippen molar-refractivity contribution in [2.75, 3.05) is 33.9 Å². The number of methoxy groups -OCH3 is 2. The van der Waals surface area contributed by atoms with Crippen LogP contribution in [-0.4, -0.2) is 73.3 Å². The Hall–Kier alpha value is -4.79. The Bertz CT molecular complexity index is 1610. The second-order valence-corrected chi connectivity index (χ2v) is 12.6. The van der Waals surface area contributed by atoms with Crippen LogP contribution in [0.15, 0.2) is 78.4 Å². The van der Waals surface area contributed by atoms with Crippen molar-refractivity contribution in [2.45, 2.75) is 58.2 Å². The Morgan fingerprint density at radius 2 is 1.57 bits per heavy atom. The predicted molar refractivity (Wildman–Crippen MR) is 175 cm³/mol. The number of amides is 2. The molecule has 0 atom stereocenters. The molecular formula is C37H42N2O7. The summed E-state index contributed by atoms with van der Waals surface area (Å²) in [6, 6.07) is 23.8. The maximum absolute atomic E-state index is 14.6. The molecule has 0 radical (unpaired) electrons.